The molecule has 96 valence electrons. The van der Waals surface area contributed by atoms with Gasteiger partial charge in [0.1, 0.15) is 5.82 Å². The van der Waals surface area contributed by atoms with Gasteiger partial charge in [-0.1, -0.05) is 25.0 Å². The van der Waals surface area contributed by atoms with Gasteiger partial charge in [0.2, 0.25) is 5.78 Å². The van der Waals surface area contributed by atoms with E-state index in [0.29, 0.717) is 0 Å². The molecular weight excluding hydrogens is 233 g/mol. The molecule has 1 aliphatic rings. The molecule has 2 rings (SSSR count). The van der Waals surface area contributed by atoms with Crippen molar-refractivity contribution in [1.82, 2.24) is 5.32 Å². The van der Waals surface area contributed by atoms with E-state index in [2.05, 4.69) is 5.32 Å². The Morgan fingerprint density at radius 3 is 2.22 bits per heavy atom. The van der Waals surface area contributed by atoms with Crippen molar-refractivity contribution in [3.8, 4) is 0 Å². The zero-order chi connectivity index (χ0) is 13.2. The van der Waals surface area contributed by atoms with Crippen molar-refractivity contribution in [3.63, 3.8) is 0 Å². The molecule has 1 aromatic rings. The number of carbonyl (C=O) groups excluding carboxylic acids is 2. The van der Waals surface area contributed by atoms with Crippen LogP contribution in [0.3, 0.4) is 0 Å². The van der Waals surface area contributed by atoms with Crippen LogP contribution >= 0.6 is 0 Å². The molecule has 0 unspecified atom stereocenters. The molecule has 4 heteroatoms. The molecule has 1 amide bonds. The number of hydrogen-bond acceptors (Lipinski definition) is 2. The third-order valence-electron chi connectivity index (χ3n) is 3.53. The van der Waals surface area contributed by atoms with Gasteiger partial charge in [-0.15, -0.1) is 0 Å². The maximum absolute atomic E-state index is 12.9. The summed E-state index contributed by atoms with van der Waals surface area (Å²) in [5.74, 6) is -1.37. The van der Waals surface area contributed by atoms with Gasteiger partial charge in [0.25, 0.3) is 5.91 Å². The van der Waals surface area contributed by atoms with Crippen molar-refractivity contribution in [3.05, 3.63) is 35.6 Å². The second-order valence-corrected chi connectivity index (χ2v) is 4.81. The van der Waals surface area contributed by atoms with E-state index in [1.54, 1.807) is 12.1 Å². The third-order valence-corrected chi connectivity index (χ3v) is 3.53. The van der Waals surface area contributed by atoms with Gasteiger partial charge in [-0.05, 0) is 30.5 Å². The molecule has 1 fully saturated rings. The minimum atomic E-state index is -0.568. The second-order valence-electron chi connectivity index (χ2n) is 4.81. The van der Waals surface area contributed by atoms with Crippen molar-refractivity contribution < 1.29 is 14.0 Å². The molecule has 1 aromatic carbocycles. The number of rotatable bonds is 3. The highest BCUT2D eigenvalue weighted by atomic mass is 19.1. The molecule has 0 radical (unpaired) electrons. The first-order valence-electron chi connectivity index (χ1n) is 6.13. The van der Waals surface area contributed by atoms with Gasteiger partial charge in [-0.3, -0.25) is 9.59 Å². The van der Waals surface area contributed by atoms with Gasteiger partial charge in [0.05, 0.1) is 5.54 Å². The minimum absolute atomic E-state index is 0.301. The Morgan fingerprint density at radius 1 is 1.17 bits per heavy atom. The van der Waals surface area contributed by atoms with E-state index in [1.165, 1.54) is 19.1 Å². The quantitative estimate of drug-likeness (QED) is 0.835. The van der Waals surface area contributed by atoms with Crippen LogP contribution in [0, 0.1) is 5.82 Å². The highest BCUT2D eigenvalue weighted by Crippen LogP contribution is 2.38. The molecular formula is C14H16FNO2. The minimum Gasteiger partial charge on any atom is -0.340 e. The Balaban J connectivity index is 2.29. The lowest BCUT2D eigenvalue weighted by Gasteiger charge is -2.30. The number of Topliss-reactive ketones (excluding diaryl/α,β-unsaturated/α-hetero) is 1. The van der Waals surface area contributed by atoms with Crippen LogP contribution in [0.5, 0.6) is 0 Å². The van der Waals surface area contributed by atoms with Crippen LogP contribution in [-0.2, 0) is 15.1 Å². The Hall–Kier alpha value is -1.71. The number of benzene rings is 1. The zero-order valence-corrected chi connectivity index (χ0v) is 10.3. The lowest BCUT2D eigenvalue weighted by molar-refractivity contribution is -0.138. The number of nitrogens with one attached hydrogen (secondary N) is 1. The van der Waals surface area contributed by atoms with Crippen LogP contribution < -0.4 is 5.32 Å². The molecule has 0 aromatic heterocycles. The fourth-order valence-electron chi connectivity index (χ4n) is 2.54. The Morgan fingerprint density at radius 2 is 1.72 bits per heavy atom. The van der Waals surface area contributed by atoms with Crippen molar-refractivity contribution in [2.24, 2.45) is 0 Å². The number of halogens is 1. The van der Waals surface area contributed by atoms with Crippen LogP contribution in [-0.4, -0.2) is 11.7 Å². The molecule has 1 saturated carbocycles. The Labute approximate surface area is 105 Å². The maximum Gasteiger partial charge on any atom is 0.287 e. The molecule has 0 saturated heterocycles. The molecule has 1 aliphatic carbocycles. The predicted octanol–water partition coefficient (Wildman–Crippen LogP) is 2.30. The number of carbonyl (C=O) groups is 2. The number of amides is 1. The monoisotopic (exact) mass is 249 g/mol. The van der Waals surface area contributed by atoms with Crippen molar-refractivity contribution in [2.75, 3.05) is 0 Å². The van der Waals surface area contributed by atoms with Gasteiger partial charge in [-0.25, -0.2) is 4.39 Å². The van der Waals surface area contributed by atoms with E-state index >= 15 is 0 Å². The highest BCUT2D eigenvalue weighted by Gasteiger charge is 2.37. The van der Waals surface area contributed by atoms with Gasteiger partial charge in [-0.2, -0.15) is 0 Å². The van der Waals surface area contributed by atoms with Crippen molar-refractivity contribution in [2.45, 2.75) is 38.1 Å². The summed E-state index contributed by atoms with van der Waals surface area (Å²) in [5, 5.41) is 2.82. The van der Waals surface area contributed by atoms with Crippen LogP contribution in [0.2, 0.25) is 0 Å². The third kappa shape index (κ3) is 2.42. The van der Waals surface area contributed by atoms with Gasteiger partial charge in [0.15, 0.2) is 0 Å². The van der Waals surface area contributed by atoms with Crippen LogP contribution in [0.4, 0.5) is 4.39 Å². The molecule has 0 aliphatic heterocycles. The summed E-state index contributed by atoms with van der Waals surface area (Å²) in [4.78, 5) is 22.7. The first-order valence-corrected chi connectivity index (χ1v) is 6.13. The fourth-order valence-corrected chi connectivity index (χ4v) is 2.54. The van der Waals surface area contributed by atoms with Crippen molar-refractivity contribution >= 4 is 11.7 Å². The van der Waals surface area contributed by atoms with Crippen LogP contribution in [0.25, 0.3) is 0 Å². The average Bonchev–Trinajstić information content (AvgIpc) is 2.79. The second kappa shape index (κ2) is 4.88. The van der Waals surface area contributed by atoms with Gasteiger partial charge >= 0.3 is 0 Å². The number of hydrogen-bond donors (Lipinski definition) is 1. The first kappa shape index (κ1) is 12.7. The molecule has 3 nitrogen and oxygen atoms in total. The molecule has 0 heterocycles. The van der Waals surface area contributed by atoms with Crippen LogP contribution in [0.1, 0.15) is 38.2 Å². The molecule has 0 bridgehead atoms. The normalized spacial score (nSPS) is 17.4. The van der Waals surface area contributed by atoms with E-state index in [-0.39, 0.29) is 5.82 Å². The zero-order valence-electron chi connectivity index (χ0n) is 10.3. The summed E-state index contributed by atoms with van der Waals surface area (Å²) in [7, 11) is 0. The predicted molar refractivity (Wildman–Crippen MR) is 65.4 cm³/mol. The smallest absolute Gasteiger partial charge is 0.287 e. The maximum atomic E-state index is 12.9. The molecule has 0 atom stereocenters. The lowest BCUT2D eigenvalue weighted by Crippen LogP contribution is -2.46. The van der Waals surface area contributed by atoms with E-state index in [9.17, 15) is 14.0 Å². The average molecular weight is 249 g/mol. The summed E-state index contributed by atoms with van der Waals surface area (Å²) in [6.45, 7) is 1.25. The summed E-state index contributed by atoms with van der Waals surface area (Å²) in [6.07, 6.45) is 3.57. The Kier molecular flexibility index (Phi) is 3.45. The fraction of sp³-hybridized carbons (Fsp3) is 0.429. The first-order chi connectivity index (χ1) is 8.53. The van der Waals surface area contributed by atoms with Crippen LogP contribution in [0.15, 0.2) is 24.3 Å². The van der Waals surface area contributed by atoms with E-state index in [0.717, 1.165) is 31.2 Å². The molecule has 0 spiro atoms. The lowest BCUT2D eigenvalue weighted by atomic mass is 9.88. The molecule has 1 N–H and O–H groups in total. The standard InChI is InChI=1S/C14H16FNO2/c1-10(17)13(18)16-14(8-2-3-9-14)11-4-6-12(15)7-5-11/h4-7H,2-3,8-9H2,1H3,(H,16,18). The number of ketones is 1. The summed E-state index contributed by atoms with van der Waals surface area (Å²) in [5.41, 5.74) is 0.368. The SMILES string of the molecule is CC(=O)C(=O)NC1(c2ccc(F)cc2)CCCC1. The summed E-state index contributed by atoms with van der Waals surface area (Å²) in [6, 6.07) is 6.13. The van der Waals surface area contributed by atoms with E-state index in [4.69, 9.17) is 0 Å². The Bertz CT molecular complexity index is 461. The van der Waals surface area contributed by atoms with Gasteiger partial charge < -0.3 is 5.32 Å². The van der Waals surface area contributed by atoms with Gasteiger partial charge in [0, 0.05) is 6.92 Å². The topological polar surface area (TPSA) is 46.2 Å². The highest BCUT2D eigenvalue weighted by molar-refractivity contribution is 6.35. The van der Waals surface area contributed by atoms with E-state index in [1.807, 2.05) is 0 Å². The molecule has 18 heavy (non-hydrogen) atoms. The summed E-state index contributed by atoms with van der Waals surface area (Å²) >= 11 is 0. The largest absolute Gasteiger partial charge is 0.340 e. The van der Waals surface area contributed by atoms with Crippen molar-refractivity contribution in [1.29, 1.82) is 0 Å². The summed E-state index contributed by atoms with van der Waals surface area (Å²) < 4.78 is 12.9. The van der Waals surface area contributed by atoms with E-state index < -0.39 is 17.2 Å².